The zero-order valence-corrected chi connectivity index (χ0v) is 78.8. The average molecular weight is 1890 g/mol. The molecule has 0 saturated carbocycles. The van der Waals surface area contributed by atoms with E-state index < -0.39 is 151 Å². The zero-order chi connectivity index (χ0) is 94.8. The largest absolute Gasteiger partial charge is 0.550 e. The maximum Gasteiger partial charge on any atom is 0.306 e. The van der Waals surface area contributed by atoms with Crippen molar-refractivity contribution in [1.82, 2.24) is 37.0 Å². The lowest BCUT2D eigenvalue weighted by atomic mass is 9.82. The number of unbranched alkanes of at least 4 members (excludes halogenated alkanes) is 1. The molecule has 0 radical (unpaired) electrons. The van der Waals surface area contributed by atoms with E-state index in [1.54, 1.807) is 103 Å². The van der Waals surface area contributed by atoms with Crippen LogP contribution in [0.3, 0.4) is 0 Å². The smallest absolute Gasteiger partial charge is 0.306 e. The SMILES string of the molecule is C.CC(C)CC(CC(=O)C(Cc1ccc(O)cc1)NC(=O)C(CC(=O)C(Cc1ccccc1)NC(=O)C(CO)CC(=O)CBr)Cc1ccccc1)C(=O)NC(CCCNC(N)[NH3+])C(=O)CC(CO)C(=O)[O-].CC(CC(CC(CC(ON(C(c1ccccc1)C(C)C)C(C)(C)C)c1ccc(O)cc1)C(=O)O)C(=O)NCCOCCCCNC(=O)CCS)c1ccccc1.CS. The molecule has 28 nitrogen and oxygen atoms in total. The number of carboxylic acids is 2. The maximum atomic E-state index is 14.7. The van der Waals surface area contributed by atoms with E-state index in [2.05, 4.69) is 132 Å². The van der Waals surface area contributed by atoms with Crippen LogP contribution >= 0.6 is 41.2 Å². The molecule has 6 aromatic rings. The molecular weight excluding hydrogens is 1750 g/mol. The second-order valence-electron chi connectivity index (χ2n) is 34.1. The van der Waals surface area contributed by atoms with Crippen LogP contribution in [-0.4, -0.2) is 189 Å². The number of nitrogens with two attached hydrogens (primary N) is 1. The number of rotatable bonds is 59. The number of hydroxylamine groups is 2. The van der Waals surface area contributed by atoms with Crippen molar-refractivity contribution in [2.75, 3.05) is 63.4 Å². The lowest BCUT2D eigenvalue weighted by molar-refractivity contribution is -0.427. The molecule has 712 valence electrons. The van der Waals surface area contributed by atoms with E-state index in [1.165, 1.54) is 12.1 Å². The first kappa shape index (κ1) is 114. The number of phenolic OH excluding ortho intramolecular Hbond substituents is 2. The minimum atomic E-state index is -1.63. The molecule has 13 unspecified atom stereocenters. The molecule has 6 aromatic carbocycles. The van der Waals surface area contributed by atoms with Crippen molar-refractivity contribution in [3.63, 3.8) is 0 Å². The van der Waals surface area contributed by atoms with Gasteiger partial charge in [-0.3, -0.25) is 63.8 Å². The fraction of sp³-hybridized carbons (Fsp3) is 0.520. The van der Waals surface area contributed by atoms with Crippen LogP contribution in [0.2, 0.25) is 0 Å². The summed E-state index contributed by atoms with van der Waals surface area (Å²) in [6, 6.07) is 46.8. The Morgan fingerprint density at radius 1 is 0.519 bits per heavy atom. The molecular formula is C98H142BrN9O19S2. The number of aromatic hydroxyl groups is 2. The molecule has 0 aromatic heterocycles. The topological polar surface area (TPSA) is 460 Å². The summed E-state index contributed by atoms with van der Waals surface area (Å²) in [7, 11) is 0. The molecule has 0 spiro atoms. The average Bonchev–Trinajstić information content (AvgIpc) is 0.786. The number of phenols is 2. The molecule has 5 amide bonds. The Morgan fingerprint density at radius 2 is 1.00 bits per heavy atom. The normalized spacial score (nSPS) is 14.3. The number of quaternary nitrogens is 1. The Morgan fingerprint density at radius 3 is 1.50 bits per heavy atom. The highest BCUT2D eigenvalue weighted by Crippen LogP contribution is 2.41. The first-order chi connectivity index (χ1) is 61.0. The van der Waals surface area contributed by atoms with Crippen molar-refractivity contribution in [2.24, 2.45) is 53.1 Å². The molecule has 6 rings (SSSR count). The number of ketones is 4. The third kappa shape index (κ3) is 43.6. The Labute approximate surface area is 781 Å². The van der Waals surface area contributed by atoms with Crippen LogP contribution in [0.4, 0.5) is 0 Å². The first-order valence-corrected chi connectivity index (χ1v) is 46.6. The van der Waals surface area contributed by atoms with Gasteiger partial charge in [0.05, 0.1) is 61.2 Å². The van der Waals surface area contributed by atoms with Gasteiger partial charge in [0, 0.05) is 93.5 Å². The molecule has 16 N–H and O–H groups in total. The van der Waals surface area contributed by atoms with Crippen molar-refractivity contribution >= 4 is 106 Å². The van der Waals surface area contributed by atoms with Crippen LogP contribution < -0.4 is 48.5 Å². The van der Waals surface area contributed by atoms with E-state index in [1.807, 2.05) is 67.4 Å². The van der Waals surface area contributed by atoms with Crippen LogP contribution in [-0.2, 0) is 81.6 Å². The van der Waals surface area contributed by atoms with Crippen molar-refractivity contribution in [2.45, 2.75) is 214 Å². The van der Waals surface area contributed by atoms with Gasteiger partial charge in [-0.15, -0.1) is 0 Å². The van der Waals surface area contributed by atoms with Crippen LogP contribution in [0.1, 0.15) is 198 Å². The number of carbonyl (C=O) groups is 11. The summed E-state index contributed by atoms with van der Waals surface area (Å²) in [5.74, 6) is -12.7. The summed E-state index contributed by atoms with van der Waals surface area (Å²) in [5, 5.41) is 81.3. The minimum Gasteiger partial charge on any atom is -0.550 e. The maximum absolute atomic E-state index is 14.7. The van der Waals surface area contributed by atoms with E-state index in [9.17, 15) is 83.4 Å². The summed E-state index contributed by atoms with van der Waals surface area (Å²) in [6.07, 6.45) is 1.88. The predicted octanol–water partition coefficient (Wildman–Crippen LogP) is 9.89. The molecule has 13 atom stereocenters. The van der Waals surface area contributed by atoms with Crippen molar-refractivity contribution in [3.8, 4) is 11.5 Å². The number of nitrogens with zero attached hydrogens (tertiary/aromatic N) is 1. The zero-order valence-electron chi connectivity index (χ0n) is 75.5. The number of aliphatic carboxylic acids is 2. The fourth-order valence-electron chi connectivity index (χ4n) is 14.9. The van der Waals surface area contributed by atoms with Crippen LogP contribution in [0.15, 0.2) is 170 Å². The Bertz CT molecular complexity index is 4290. The number of thiol groups is 2. The molecule has 0 aliphatic carbocycles. The Balaban J connectivity index is 0.000000662. The molecule has 129 heavy (non-hydrogen) atoms. The Hall–Kier alpha value is -9.25. The summed E-state index contributed by atoms with van der Waals surface area (Å²) in [6.45, 7) is 16.8. The number of alkyl halides is 1. The van der Waals surface area contributed by atoms with Gasteiger partial charge in [-0.2, -0.15) is 30.3 Å². The number of carboxylic acid groups (broad SMARTS) is 2. The van der Waals surface area contributed by atoms with Crippen molar-refractivity contribution in [1.29, 1.82) is 0 Å². The number of halogens is 1. The van der Waals surface area contributed by atoms with Gasteiger partial charge in [-0.1, -0.05) is 204 Å². The number of carbonyl (C=O) groups excluding carboxylic acids is 10. The molecule has 0 aliphatic rings. The molecule has 0 bridgehead atoms. The second-order valence-corrected chi connectivity index (χ2v) is 35.1. The van der Waals surface area contributed by atoms with Gasteiger partial charge < -0.3 is 72.5 Å². The highest BCUT2D eigenvalue weighted by molar-refractivity contribution is 9.09. The summed E-state index contributed by atoms with van der Waals surface area (Å²) >= 11 is 10.7. The number of benzene rings is 6. The van der Waals surface area contributed by atoms with Crippen LogP contribution in [0, 0.1) is 47.3 Å². The van der Waals surface area contributed by atoms with Gasteiger partial charge in [-0.25, -0.2) is 0 Å². The Kier molecular flexibility index (Phi) is 54.9. The molecule has 31 heteroatoms. The summed E-state index contributed by atoms with van der Waals surface area (Å²) < 4.78 is 5.76. The quantitative estimate of drug-likeness (QED) is 0.00555. The monoisotopic (exact) mass is 1890 g/mol. The number of hydrogen-bond donors (Lipinski definition) is 15. The van der Waals surface area contributed by atoms with Crippen molar-refractivity contribution in [3.05, 3.63) is 203 Å². The van der Waals surface area contributed by atoms with Crippen LogP contribution in [0.5, 0.6) is 11.5 Å². The third-order valence-corrected chi connectivity index (χ3v) is 22.5. The molecule has 0 saturated heterocycles. The van der Waals surface area contributed by atoms with E-state index in [4.69, 9.17) is 15.3 Å². The lowest BCUT2D eigenvalue weighted by Crippen LogP contribution is -2.73. The summed E-state index contributed by atoms with van der Waals surface area (Å²) in [4.78, 5) is 154. The minimum absolute atomic E-state index is 0. The van der Waals surface area contributed by atoms with Gasteiger partial charge in [0.2, 0.25) is 29.5 Å². The van der Waals surface area contributed by atoms with Gasteiger partial charge in [-0.05, 0) is 179 Å². The number of nitrogens with one attached hydrogen (secondary N) is 6. The first-order valence-electron chi connectivity index (χ1n) is 44.0. The van der Waals surface area contributed by atoms with Gasteiger partial charge in [0.25, 0.3) is 0 Å². The molecule has 0 aliphatic heterocycles. The third-order valence-electron chi connectivity index (χ3n) is 21.7. The van der Waals surface area contributed by atoms with Gasteiger partial charge in [0.1, 0.15) is 23.4 Å². The van der Waals surface area contributed by atoms with E-state index in [0.717, 1.165) is 29.5 Å². The number of Topliss-reactive ketones (excluding diaryl/α,β-unsaturated/α-hetero) is 4. The van der Waals surface area contributed by atoms with Crippen LogP contribution in [0.25, 0.3) is 0 Å². The van der Waals surface area contributed by atoms with E-state index in [0.29, 0.717) is 74.6 Å². The van der Waals surface area contributed by atoms with E-state index >= 15 is 0 Å². The summed E-state index contributed by atoms with van der Waals surface area (Å²) in [5.41, 5.74) is 13.7. The lowest BCUT2D eigenvalue weighted by Gasteiger charge is -2.44. The van der Waals surface area contributed by atoms with Crippen molar-refractivity contribution < 1.29 is 98.7 Å². The number of amides is 5. The standard InChI is InChI=1S/C51H69BrN6O12.C45H65N3O7S.CH4S.CH4/c1-31(2)20-35(47(66)56-41(14-9-19-55-51(53)54)44(63)27-38(30-60)50(69)70)25-45(64)43(23-34-15-17-39(61)18-16-34)57-48(67)36(21-32-10-5-3-6-11-32)26-46(65)42(22-33-12-7-4-8-13-33)58-49(68)37(29-59)24-40(62)28-52;1-32(2)42(36-17-11-8-12-18-36)48(45(4,5)6)55-40(35-19-21-39(49)22-20-35)31-38(44(52)53)30-37(29-33(3)34-15-9-7-10-16-34)43(51)47-25-27-54-26-14-13-24-46-41(50)23-28-56;1-2;/h3-8,10-13,15-18,31,35-38,41-43,51,55,59-61H,9,14,19-30,53-54H2,1-2H3,(H,56,66)(H,57,67)(H,58,68)(H,69,70);7-12,15-22,32-33,37-38,40,42,49,56H,13-14,23-31H2,1-6H3,(H,46,50)(H,47,51)(H,52,53);2H,1H3;1H4. The predicted molar refractivity (Wildman–Crippen MR) is 508 cm³/mol. The highest BCUT2D eigenvalue weighted by Gasteiger charge is 2.40. The van der Waals surface area contributed by atoms with Gasteiger partial charge in [0.15, 0.2) is 23.6 Å². The number of hydrogen-bond acceptors (Lipinski definition) is 23. The molecule has 0 fully saturated rings. The number of aliphatic hydroxyl groups excluding tert-OH is 2. The highest BCUT2D eigenvalue weighted by atomic mass is 79.9. The number of ether oxygens (including phenoxy) is 1. The second kappa shape index (κ2) is 62.2. The fourth-order valence-corrected chi connectivity index (χ4v) is 15.3. The van der Waals surface area contributed by atoms with Gasteiger partial charge >= 0.3 is 5.97 Å². The van der Waals surface area contributed by atoms with E-state index in [-0.39, 0.29) is 117 Å². The molecule has 0 heterocycles. The number of aliphatic hydroxyl groups is 2.